The van der Waals surface area contributed by atoms with Gasteiger partial charge in [0.1, 0.15) is 0 Å². The second kappa shape index (κ2) is 6.94. The van der Waals surface area contributed by atoms with Gasteiger partial charge >= 0.3 is 5.69 Å². The zero-order chi connectivity index (χ0) is 20.0. The van der Waals surface area contributed by atoms with Crippen LogP contribution in [-0.2, 0) is 20.8 Å². The lowest BCUT2D eigenvalue weighted by Gasteiger charge is -2.37. The average Bonchev–Trinajstić information content (AvgIpc) is 3.11. The van der Waals surface area contributed by atoms with Crippen molar-refractivity contribution >= 4 is 16.9 Å². The van der Waals surface area contributed by atoms with Crippen LogP contribution >= 0.6 is 0 Å². The molecule has 3 aromatic rings. The predicted octanol–water partition coefficient (Wildman–Crippen LogP) is 0.830. The second-order valence-electron chi connectivity index (χ2n) is 7.63. The maximum Gasteiger partial charge on any atom is 0.332 e. The molecule has 0 amide bonds. The van der Waals surface area contributed by atoms with Crippen molar-refractivity contribution in [1.29, 1.82) is 0 Å². The van der Waals surface area contributed by atoms with E-state index in [9.17, 15) is 9.59 Å². The fourth-order valence-corrected chi connectivity index (χ4v) is 3.91. The first-order valence-electron chi connectivity index (χ1n) is 9.52. The molecule has 0 unspecified atom stereocenters. The SMILES string of the molecule is Cc1ccc(C)c(N2CCN(Cn3cnc4c3c(=O)n(C)c(=O)n4C)CC2)c1. The van der Waals surface area contributed by atoms with Crippen LogP contribution in [0.5, 0.6) is 0 Å². The van der Waals surface area contributed by atoms with Crippen molar-refractivity contribution in [3.8, 4) is 0 Å². The molecule has 0 radical (unpaired) electrons. The molecule has 1 aliphatic rings. The molecule has 0 N–H and O–H groups in total. The third kappa shape index (κ3) is 3.03. The Balaban J connectivity index is 1.54. The first-order chi connectivity index (χ1) is 13.4. The minimum atomic E-state index is -0.357. The highest BCUT2D eigenvalue weighted by molar-refractivity contribution is 5.69. The van der Waals surface area contributed by atoms with Crippen LogP contribution in [-0.4, -0.2) is 49.8 Å². The summed E-state index contributed by atoms with van der Waals surface area (Å²) in [7, 11) is 3.15. The van der Waals surface area contributed by atoms with Crippen LogP contribution in [0.4, 0.5) is 5.69 Å². The number of rotatable bonds is 3. The summed E-state index contributed by atoms with van der Waals surface area (Å²) in [6.45, 7) is 8.54. The van der Waals surface area contributed by atoms with Gasteiger partial charge in [0, 0.05) is 46.0 Å². The van der Waals surface area contributed by atoms with Crippen LogP contribution in [0.25, 0.3) is 11.2 Å². The lowest BCUT2D eigenvalue weighted by Crippen LogP contribution is -2.47. The lowest BCUT2D eigenvalue weighted by atomic mass is 10.1. The van der Waals surface area contributed by atoms with Crippen molar-refractivity contribution in [1.82, 2.24) is 23.6 Å². The Kier molecular flexibility index (Phi) is 4.58. The van der Waals surface area contributed by atoms with E-state index < -0.39 is 0 Å². The van der Waals surface area contributed by atoms with Crippen LogP contribution in [0.1, 0.15) is 11.1 Å². The molecule has 0 spiro atoms. The van der Waals surface area contributed by atoms with E-state index in [-0.39, 0.29) is 11.2 Å². The number of imidazole rings is 1. The molecular weight excluding hydrogens is 356 g/mol. The first kappa shape index (κ1) is 18.5. The Morgan fingerprint density at radius 1 is 1.00 bits per heavy atom. The zero-order valence-electron chi connectivity index (χ0n) is 16.8. The van der Waals surface area contributed by atoms with Crippen LogP contribution < -0.4 is 16.1 Å². The van der Waals surface area contributed by atoms with Gasteiger partial charge in [0.25, 0.3) is 5.56 Å². The maximum absolute atomic E-state index is 12.6. The van der Waals surface area contributed by atoms with Crippen LogP contribution in [0.3, 0.4) is 0 Å². The third-order valence-electron chi connectivity index (χ3n) is 5.65. The van der Waals surface area contributed by atoms with Gasteiger partial charge in [-0.1, -0.05) is 12.1 Å². The molecule has 1 saturated heterocycles. The molecule has 0 bridgehead atoms. The van der Waals surface area contributed by atoms with Gasteiger partial charge in [-0.25, -0.2) is 9.78 Å². The number of nitrogens with zero attached hydrogens (tertiary/aromatic N) is 6. The minimum absolute atomic E-state index is 0.301. The standard InChI is InChI=1S/C20H26N6O2/c1-14-5-6-15(2)16(11-14)25-9-7-24(8-10-25)13-26-12-21-18-17(26)19(27)23(4)20(28)22(18)3/h5-6,11-12H,7-10,13H2,1-4H3. The van der Waals surface area contributed by atoms with Gasteiger partial charge in [0.05, 0.1) is 13.0 Å². The van der Waals surface area contributed by atoms with Crippen molar-refractivity contribution in [3.05, 3.63) is 56.5 Å². The smallest absolute Gasteiger partial charge is 0.332 e. The Labute approximate surface area is 163 Å². The Hall–Kier alpha value is -2.87. The maximum atomic E-state index is 12.6. The Bertz CT molecular complexity index is 1150. The van der Waals surface area contributed by atoms with Crippen molar-refractivity contribution in [2.75, 3.05) is 31.1 Å². The summed E-state index contributed by atoms with van der Waals surface area (Å²) in [4.78, 5) is 33.7. The van der Waals surface area contributed by atoms with Crippen molar-refractivity contribution in [3.63, 3.8) is 0 Å². The number of piperazine rings is 1. The van der Waals surface area contributed by atoms with Gasteiger partial charge in [0.15, 0.2) is 11.2 Å². The van der Waals surface area contributed by atoms with Crippen molar-refractivity contribution in [2.24, 2.45) is 14.1 Å². The lowest BCUT2D eigenvalue weighted by molar-refractivity contribution is 0.208. The van der Waals surface area contributed by atoms with E-state index in [2.05, 4.69) is 46.8 Å². The molecule has 2 aromatic heterocycles. The molecule has 28 heavy (non-hydrogen) atoms. The van der Waals surface area contributed by atoms with Gasteiger partial charge in [0.2, 0.25) is 0 Å². The molecule has 0 saturated carbocycles. The summed E-state index contributed by atoms with van der Waals surface area (Å²) in [6, 6.07) is 6.57. The summed E-state index contributed by atoms with van der Waals surface area (Å²) < 4.78 is 4.41. The normalized spacial score (nSPS) is 15.5. The van der Waals surface area contributed by atoms with E-state index in [0.29, 0.717) is 17.8 Å². The zero-order valence-corrected chi connectivity index (χ0v) is 16.8. The number of hydrogen-bond acceptors (Lipinski definition) is 5. The average molecular weight is 382 g/mol. The molecular formula is C20H26N6O2. The molecule has 148 valence electrons. The quantitative estimate of drug-likeness (QED) is 0.671. The van der Waals surface area contributed by atoms with E-state index in [4.69, 9.17) is 0 Å². The predicted molar refractivity (Wildman–Crippen MR) is 110 cm³/mol. The molecule has 3 heterocycles. The topological polar surface area (TPSA) is 68.3 Å². The third-order valence-corrected chi connectivity index (χ3v) is 5.65. The highest BCUT2D eigenvalue weighted by Gasteiger charge is 2.21. The van der Waals surface area contributed by atoms with Crippen LogP contribution in [0, 0.1) is 13.8 Å². The number of aromatic nitrogens is 4. The first-order valence-corrected chi connectivity index (χ1v) is 9.52. The van der Waals surface area contributed by atoms with E-state index in [1.165, 1.54) is 28.4 Å². The molecule has 4 rings (SSSR count). The number of anilines is 1. The molecule has 0 aliphatic carbocycles. The number of fused-ring (bicyclic) bond motifs is 1. The molecule has 1 aromatic carbocycles. The van der Waals surface area contributed by atoms with Crippen LogP contribution in [0.15, 0.2) is 34.1 Å². The van der Waals surface area contributed by atoms with E-state index in [0.717, 1.165) is 30.7 Å². The van der Waals surface area contributed by atoms with Gasteiger partial charge in [-0.15, -0.1) is 0 Å². The molecule has 8 heteroatoms. The second-order valence-corrected chi connectivity index (χ2v) is 7.63. The highest BCUT2D eigenvalue weighted by atomic mass is 16.2. The van der Waals surface area contributed by atoms with Gasteiger partial charge < -0.3 is 9.47 Å². The Morgan fingerprint density at radius 3 is 2.43 bits per heavy atom. The van der Waals surface area contributed by atoms with E-state index in [1.54, 1.807) is 13.4 Å². The number of hydrogen-bond donors (Lipinski definition) is 0. The van der Waals surface area contributed by atoms with Gasteiger partial charge in [-0.05, 0) is 31.0 Å². The van der Waals surface area contributed by atoms with E-state index in [1.807, 2.05) is 4.57 Å². The summed E-state index contributed by atoms with van der Waals surface area (Å²) in [5.41, 5.74) is 4.12. The summed E-state index contributed by atoms with van der Waals surface area (Å²) >= 11 is 0. The molecule has 8 nitrogen and oxygen atoms in total. The molecule has 1 fully saturated rings. The largest absolute Gasteiger partial charge is 0.369 e. The fraction of sp³-hybridized carbons (Fsp3) is 0.450. The number of benzene rings is 1. The minimum Gasteiger partial charge on any atom is -0.369 e. The summed E-state index contributed by atoms with van der Waals surface area (Å²) in [6.07, 6.45) is 1.66. The Morgan fingerprint density at radius 2 is 1.71 bits per heavy atom. The highest BCUT2D eigenvalue weighted by Crippen LogP contribution is 2.23. The van der Waals surface area contributed by atoms with Crippen molar-refractivity contribution in [2.45, 2.75) is 20.5 Å². The van der Waals surface area contributed by atoms with Gasteiger partial charge in [-0.3, -0.25) is 18.8 Å². The fourth-order valence-electron chi connectivity index (χ4n) is 3.91. The van der Waals surface area contributed by atoms with Gasteiger partial charge in [-0.2, -0.15) is 0 Å². The number of aryl methyl sites for hydroxylation is 3. The molecule has 0 atom stereocenters. The summed E-state index contributed by atoms with van der Waals surface area (Å²) in [5.74, 6) is 0. The van der Waals surface area contributed by atoms with Crippen molar-refractivity contribution < 1.29 is 0 Å². The monoisotopic (exact) mass is 382 g/mol. The van der Waals surface area contributed by atoms with Crippen LogP contribution in [0.2, 0.25) is 0 Å². The molecule has 1 aliphatic heterocycles. The van der Waals surface area contributed by atoms with E-state index >= 15 is 0 Å². The summed E-state index contributed by atoms with van der Waals surface area (Å²) in [5, 5.41) is 0.